The van der Waals surface area contributed by atoms with Crippen molar-refractivity contribution in [3.8, 4) is 0 Å². The molecule has 45 heavy (non-hydrogen) atoms. The van der Waals surface area contributed by atoms with E-state index < -0.39 is 15.0 Å². The van der Waals surface area contributed by atoms with Gasteiger partial charge in [-0.15, -0.1) is 0 Å². The van der Waals surface area contributed by atoms with Crippen LogP contribution < -0.4 is 16.5 Å². The topological polar surface area (TPSA) is 0 Å². The van der Waals surface area contributed by atoms with Crippen LogP contribution in [0.4, 0.5) is 0 Å². The molecule has 0 heterocycles. The van der Waals surface area contributed by atoms with Gasteiger partial charge in [-0.3, -0.25) is 0 Å². The average molecular weight is 656 g/mol. The van der Waals surface area contributed by atoms with E-state index in [1.165, 1.54) is 36.7 Å². The average Bonchev–Trinajstić information content (AvgIpc) is 3.12. The van der Waals surface area contributed by atoms with Crippen molar-refractivity contribution < 1.29 is 0 Å². The number of hydrogen-bond acceptors (Lipinski definition) is 0. The van der Waals surface area contributed by atoms with Crippen LogP contribution in [0.5, 0.6) is 0 Å². The van der Waals surface area contributed by atoms with Crippen LogP contribution in [0.15, 0.2) is 221 Å². The van der Waals surface area contributed by atoms with Crippen LogP contribution in [0.2, 0.25) is 0 Å². The summed E-state index contributed by atoms with van der Waals surface area (Å²) in [5.41, 5.74) is 1.31. The van der Waals surface area contributed by atoms with Gasteiger partial charge in [0.1, 0.15) is 0 Å². The van der Waals surface area contributed by atoms with Gasteiger partial charge in [0.25, 0.3) is 0 Å². The van der Waals surface area contributed by atoms with Crippen LogP contribution in [0.3, 0.4) is 0 Å². The summed E-state index contributed by atoms with van der Waals surface area (Å²) in [5.74, 6) is 0. The molecule has 0 spiro atoms. The molecule has 0 atom stereocenters. The van der Waals surface area contributed by atoms with Crippen LogP contribution in [0, 0.1) is 6.92 Å². The van der Waals surface area contributed by atoms with Crippen LogP contribution in [0.1, 0.15) is 5.56 Å². The SMILES string of the molecule is Cc1cccc([S+](c2ccccc2)c2ccccc2)c1.c1cc[c]([Ga-]([c]2ccccc2)([c]2ccccc2)[c]2ccccc2)cc1. The van der Waals surface area contributed by atoms with E-state index in [9.17, 15) is 0 Å². The molecule has 218 valence electrons. The summed E-state index contributed by atoms with van der Waals surface area (Å²) in [5, 5.41) is 0. The van der Waals surface area contributed by atoms with Gasteiger partial charge in [-0.25, -0.2) is 0 Å². The summed E-state index contributed by atoms with van der Waals surface area (Å²) in [6.45, 7) is 2.15. The molecule has 7 aromatic carbocycles. The Bertz CT molecular complexity index is 1670. The zero-order valence-corrected chi connectivity index (χ0v) is 28.9. The zero-order chi connectivity index (χ0) is 30.7. The van der Waals surface area contributed by atoms with Gasteiger partial charge in [0.15, 0.2) is 14.7 Å². The van der Waals surface area contributed by atoms with Crippen LogP contribution in [-0.4, -0.2) is 15.0 Å². The monoisotopic (exact) mass is 654 g/mol. The molecule has 0 N–H and O–H groups in total. The molecular weight excluding hydrogens is 618 g/mol. The molecule has 0 nitrogen and oxygen atoms in total. The molecule has 0 bridgehead atoms. The van der Waals surface area contributed by atoms with Crippen molar-refractivity contribution in [1.29, 1.82) is 0 Å². The van der Waals surface area contributed by atoms with Gasteiger partial charge < -0.3 is 0 Å². The van der Waals surface area contributed by atoms with E-state index in [4.69, 9.17) is 0 Å². The van der Waals surface area contributed by atoms with Crippen molar-refractivity contribution in [2.45, 2.75) is 21.6 Å². The standard InChI is InChI=1S/C19H17S.4C6H5.Ga/c1-16-9-8-14-19(15-16)20(17-10-4-2-5-11-17)18-12-6-3-7-13-18;4*1-2-4-6-5-3-1;/h2-15H,1H3;4*1-5H;/q+1;;;;;-1. The molecule has 0 radical (unpaired) electrons. The normalized spacial score (nSPS) is 11.0. The van der Waals surface area contributed by atoms with Gasteiger partial charge in [0.2, 0.25) is 0 Å². The summed E-state index contributed by atoms with van der Waals surface area (Å²) in [7, 11) is -0.0249. The first-order chi connectivity index (χ1) is 22.3. The Balaban J connectivity index is 0.000000163. The van der Waals surface area contributed by atoms with Crippen molar-refractivity contribution in [1.82, 2.24) is 0 Å². The van der Waals surface area contributed by atoms with E-state index in [1.54, 1.807) is 0 Å². The van der Waals surface area contributed by atoms with Gasteiger partial charge in [0.05, 0.1) is 10.9 Å². The summed E-state index contributed by atoms with van der Waals surface area (Å²) in [6, 6.07) is 74.7. The number of rotatable bonds is 7. The molecule has 0 saturated carbocycles. The van der Waals surface area contributed by atoms with E-state index in [2.05, 4.69) is 213 Å². The Morgan fingerprint density at radius 1 is 0.311 bits per heavy atom. The summed E-state index contributed by atoms with van der Waals surface area (Å²) in [6.07, 6.45) is 0. The number of benzene rings is 7. The van der Waals surface area contributed by atoms with E-state index in [1.807, 2.05) is 0 Å². The first kappa shape index (κ1) is 30.5. The second kappa shape index (κ2) is 15.0. The summed E-state index contributed by atoms with van der Waals surface area (Å²) < 4.78 is 5.92. The molecule has 0 fully saturated rings. The molecule has 0 saturated heterocycles. The minimum atomic E-state index is -3.21. The van der Waals surface area contributed by atoms with Crippen molar-refractivity contribution in [3.05, 3.63) is 212 Å². The zero-order valence-electron chi connectivity index (χ0n) is 25.6. The fraction of sp³-hybridized carbons (Fsp3) is 0.0233. The minimum absolute atomic E-state index is 0.0249. The summed E-state index contributed by atoms with van der Waals surface area (Å²) >= 11 is -3.21. The molecule has 0 unspecified atom stereocenters. The Labute approximate surface area is 274 Å². The van der Waals surface area contributed by atoms with E-state index >= 15 is 0 Å². The van der Waals surface area contributed by atoms with Crippen molar-refractivity contribution in [2.75, 3.05) is 0 Å². The molecule has 0 aliphatic rings. The molecular formula is C43H37GaS. The maximum absolute atomic E-state index is 3.21. The van der Waals surface area contributed by atoms with E-state index in [-0.39, 0.29) is 10.9 Å². The second-order valence-electron chi connectivity index (χ2n) is 11.3. The Morgan fingerprint density at radius 2 is 0.600 bits per heavy atom. The first-order valence-electron chi connectivity index (χ1n) is 15.6. The van der Waals surface area contributed by atoms with Crippen LogP contribution >= 0.6 is 0 Å². The van der Waals surface area contributed by atoms with Crippen LogP contribution in [0.25, 0.3) is 0 Å². The number of hydrogen-bond donors (Lipinski definition) is 0. The van der Waals surface area contributed by atoms with Crippen molar-refractivity contribution in [2.24, 2.45) is 0 Å². The third kappa shape index (κ3) is 6.94. The molecule has 2 heteroatoms. The number of aryl methyl sites for hydroxylation is 1. The van der Waals surface area contributed by atoms with Crippen molar-refractivity contribution in [3.63, 3.8) is 0 Å². The van der Waals surface area contributed by atoms with E-state index in [0.717, 1.165) is 0 Å². The fourth-order valence-electron chi connectivity index (χ4n) is 6.39. The van der Waals surface area contributed by atoms with Crippen LogP contribution in [-0.2, 0) is 10.9 Å². The third-order valence-corrected chi connectivity index (χ3v) is 22.2. The second-order valence-corrected chi connectivity index (χ2v) is 22.5. The Kier molecular flexibility index (Phi) is 10.2. The first-order valence-corrected chi connectivity index (χ1v) is 21.6. The van der Waals surface area contributed by atoms with Gasteiger partial charge in [-0.1, -0.05) is 48.5 Å². The Morgan fingerprint density at radius 3 is 0.911 bits per heavy atom. The predicted octanol–water partition coefficient (Wildman–Crippen LogP) is 8.15. The maximum atomic E-state index is 2.32. The molecule has 7 aromatic rings. The van der Waals surface area contributed by atoms with E-state index in [0.29, 0.717) is 0 Å². The molecule has 7 rings (SSSR count). The molecule has 0 aliphatic carbocycles. The van der Waals surface area contributed by atoms with Gasteiger partial charge in [-0.05, 0) is 48.9 Å². The van der Waals surface area contributed by atoms with Gasteiger partial charge in [-0.2, -0.15) is 0 Å². The summed E-state index contributed by atoms with van der Waals surface area (Å²) in [4.78, 5) is 4.11. The predicted molar refractivity (Wildman–Crippen MR) is 196 cm³/mol. The van der Waals surface area contributed by atoms with Gasteiger partial charge in [0, 0.05) is 0 Å². The molecule has 0 amide bonds. The molecule has 0 aromatic heterocycles. The third-order valence-electron chi connectivity index (χ3n) is 8.38. The fourth-order valence-corrected chi connectivity index (χ4v) is 20.1. The quantitative estimate of drug-likeness (QED) is 0.120. The Hall–Kier alpha value is -4.47. The van der Waals surface area contributed by atoms with Crippen molar-refractivity contribution >= 4 is 42.4 Å². The molecule has 0 aliphatic heterocycles. The van der Waals surface area contributed by atoms with Gasteiger partial charge >= 0.3 is 153 Å².